The van der Waals surface area contributed by atoms with Crippen molar-refractivity contribution in [3.8, 4) is 0 Å². The van der Waals surface area contributed by atoms with Gasteiger partial charge in [-0.25, -0.2) is 0 Å². The molecule has 1 atom stereocenters. The van der Waals surface area contributed by atoms with Crippen molar-refractivity contribution in [2.45, 2.75) is 51.1 Å². The van der Waals surface area contributed by atoms with Gasteiger partial charge in [-0.2, -0.15) is 0 Å². The monoisotopic (exact) mass is 240 g/mol. The lowest BCUT2D eigenvalue weighted by Crippen LogP contribution is -2.54. The molecule has 98 valence electrons. The summed E-state index contributed by atoms with van der Waals surface area (Å²) in [5, 5.41) is 9.15. The van der Waals surface area contributed by atoms with Crippen LogP contribution in [0.3, 0.4) is 0 Å². The Morgan fingerprint density at radius 3 is 2.29 bits per heavy atom. The molecule has 0 aromatic carbocycles. The molecule has 1 unspecified atom stereocenters. The van der Waals surface area contributed by atoms with E-state index in [0.717, 1.165) is 32.2 Å². The van der Waals surface area contributed by atoms with E-state index in [1.54, 1.807) is 0 Å². The van der Waals surface area contributed by atoms with Crippen molar-refractivity contribution in [1.82, 2.24) is 9.80 Å². The van der Waals surface area contributed by atoms with E-state index in [1.165, 1.54) is 25.7 Å². The summed E-state index contributed by atoms with van der Waals surface area (Å²) in [5.41, 5.74) is 0. The van der Waals surface area contributed by atoms with E-state index < -0.39 is 5.97 Å². The van der Waals surface area contributed by atoms with E-state index in [9.17, 15) is 4.79 Å². The van der Waals surface area contributed by atoms with Crippen LogP contribution in [0.4, 0.5) is 0 Å². The quantitative estimate of drug-likeness (QED) is 0.807. The molecule has 2 rings (SSSR count). The Balaban J connectivity index is 1.82. The minimum absolute atomic E-state index is 0.277. The number of carboxylic acid groups (broad SMARTS) is 1. The number of aliphatic carboxylic acids is 1. The summed E-state index contributed by atoms with van der Waals surface area (Å²) >= 11 is 0. The summed E-state index contributed by atoms with van der Waals surface area (Å²) < 4.78 is 0. The lowest BCUT2D eigenvalue weighted by Gasteiger charge is -2.40. The van der Waals surface area contributed by atoms with E-state index in [1.807, 2.05) is 6.92 Å². The van der Waals surface area contributed by atoms with Crippen LogP contribution in [0, 0.1) is 0 Å². The van der Waals surface area contributed by atoms with Crippen LogP contribution in [0.15, 0.2) is 0 Å². The van der Waals surface area contributed by atoms with Crippen molar-refractivity contribution < 1.29 is 9.90 Å². The second kappa shape index (κ2) is 5.83. The molecule has 2 aliphatic rings. The Labute approximate surface area is 104 Å². The number of carbonyl (C=O) groups is 1. The number of nitrogens with zero attached hydrogens (tertiary/aromatic N) is 2. The molecule has 1 aliphatic heterocycles. The molecule has 17 heavy (non-hydrogen) atoms. The largest absolute Gasteiger partial charge is 0.480 e. The van der Waals surface area contributed by atoms with Gasteiger partial charge >= 0.3 is 5.97 Å². The molecule has 4 heteroatoms. The lowest BCUT2D eigenvalue weighted by atomic mass is 10.1. The molecule has 0 aromatic heterocycles. The molecular formula is C13H24N2O2. The predicted molar refractivity (Wildman–Crippen MR) is 67.1 cm³/mol. The summed E-state index contributed by atoms with van der Waals surface area (Å²) in [7, 11) is 0. The Bertz CT molecular complexity index is 256. The Hall–Kier alpha value is -0.610. The van der Waals surface area contributed by atoms with E-state index in [-0.39, 0.29) is 6.04 Å². The van der Waals surface area contributed by atoms with Gasteiger partial charge in [-0.15, -0.1) is 0 Å². The minimum Gasteiger partial charge on any atom is -0.480 e. The van der Waals surface area contributed by atoms with Crippen LogP contribution in [-0.4, -0.2) is 59.1 Å². The van der Waals surface area contributed by atoms with Crippen LogP contribution in [0.25, 0.3) is 0 Å². The summed E-state index contributed by atoms with van der Waals surface area (Å²) in [6.07, 6.45) is 6.14. The first-order chi connectivity index (χ1) is 8.22. The van der Waals surface area contributed by atoms with Gasteiger partial charge in [-0.1, -0.05) is 19.8 Å². The molecule has 0 aromatic rings. The molecule has 1 saturated heterocycles. The number of piperazine rings is 1. The second-order valence-electron chi connectivity index (χ2n) is 5.27. The molecule has 1 heterocycles. The zero-order chi connectivity index (χ0) is 12.3. The summed E-state index contributed by atoms with van der Waals surface area (Å²) in [6, 6.07) is 0.503. The van der Waals surface area contributed by atoms with Crippen molar-refractivity contribution in [3.05, 3.63) is 0 Å². The maximum absolute atomic E-state index is 11.1. The van der Waals surface area contributed by atoms with Gasteiger partial charge in [0.15, 0.2) is 0 Å². The highest BCUT2D eigenvalue weighted by atomic mass is 16.4. The fourth-order valence-electron chi connectivity index (χ4n) is 3.27. The first-order valence-electron chi connectivity index (χ1n) is 6.93. The van der Waals surface area contributed by atoms with Gasteiger partial charge in [0.25, 0.3) is 0 Å². The SMILES string of the molecule is CCC(C(=O)O)N1CCN(C2CCCC2)CC1. The van der Waals surface area contributed by atoms with Crippen molar-refractivity contribution in [2.24, 2.45) is 0 Å². The van der Waals surface area contributed by atoms with E-state index in [2.05, 4.69) is 9.80 Å². The van der Waals surface area contributed by atoms with Crippen LogP contribution >= 0.6 is 0 Å². The molecule has 0 amide bonds. The normalized spacial score (nSPS) is 26.2. The maximum Gasteiger partial charge on any atom is 0.320 e. The molecule has 1 saturated carbocycles. The highest BCUT2D eigenvalue weighted by molar-refractivity contribution is 5.73. The molecular weight excluding hydrogens is 216 g/mol. The Kier molecular flexibility index (Phi) is 4.40. The first-order valence-corrected chi connectivity index (χ1v) is 6.93. The van der Waals surface area contributed by atoms with Crippen molar-refractivity contribution in [3.63, 3.8) is 0 Å². The summed E-state index contributed by atoms with van der Waals surface area (Å²) in [5.74, 6) is -0.665. The maximum atomic E-state index is 11.1. The minimum atomic E-state index is -0.665. The smallest absolute Gasteiger partial charge is 0.320 e. The van der Waals surface area contributed by atoms with E-state index in [0.29, 0.717) is 6.42 Å². The molecule has 4 nitrogen and oxygen atoms in total. The summed E-state index contributed by atoms with van der Waals surface area (Å²) in [4.78, 5) is 15.8. The highest BCUT2D eigenvalue weighted by Crippen LogP contribution is 2.24. The Morgan fingerprint density at radius 1 is 1.24 bits per heavy atom. The van der Waals surface area contributed by atoms with E-state index >= 15 is 0 Å². The zero-order valence-electron chi connectivity index (χ0n) is 10.8. The average molecular weight is 240 g/mol. The fraction of sp³-hybridized carbons (Fsp3) is 0.923. The molecule has 1 N–H and O–H groups in total. The summed E-state index contributed by atoms with van der Waals surface area (Å²) in [6.45, 7) is 5.90. The third-order valence-electron chi connectivity index (χ3n) is 4.30. The first kappa shape index (κ1) is 12.8. The van der Waals surface area contributed by atoms with Crippen molar-refractivity contribution >= 4 is 5.97 Å². The van der Waals surface area contributed by atoms with Crippen molar-refractivity contribution in [1.29, 1.82) is 0 Å². The van der Waals surface area contributed by atoms with Gasteiger partial charge in [0.05, 0.1) is 0 Å². The zero-order valence-corrected chi connectivity index (χ0v) is 10.8. The number of hydrogen-bond acceptors (Lipinski definition) is 3. The molecule has 1 aliphatic carbocycles. The Morgan fingerprint density at radius 2 is 1.82 bits per heavy atom. The predicted octanol–water partition coefficient (Wildman–Crippen LogP) is 1.41. The van der Waals surface area contributed by atoms with Gasteiger partial charge in [-0.05, 0) is 19.3 Å². The molecule has 0 bridgehead atoms. The van der Waals surface area contributed by atoms with Gasteiger partial charge < -0.3 is 5.11 Å². The number of rotatable bonds is 4. The van der Waals surface area contributed by atoms with Crippen molar-refractivity contribution in [2.75, 3.05) is 26.2 Å². The molecule has 0 spiro atoms. The standard InChI is InChI=1S/C13H24N2O2/c1-2-12(13(16)17)15-9-7-14(8-10-15)11-5-3-4-6-11/h11-12H,2-10H2,1H3,(H,16,17). The van der Waals surface area contributed by atoms with Gasteiger partial charge in [0.2, 0.25) is 0 Å². The molecule has 0 radical (unpaired) electrons. The lowest BCUT2D eigenvalue weighted by molar-refractivity contribution is -0.144. The topological polar surface area (TPSA) is 43.8 Å². The third-order valence-corrected chi connectivity index (χ3v) is 4.30. The third kappa shape index (κ3) is 2.99. The van der Waals surface area contributed by atoms with Crippen LogP contribution in [0.5, 0.6) is 0 Å². The fourth-order valence-corrected chi connectivity index (χ4v) is 3.27. The van der Waals surface area contributed by atoms with Crippen LogP contribution in [0.2, 0.25) is 0 Å². The van der Waals surface area contributed by atoms with Gasteiger partial charge in [0, 0.05) is 32.2 Å². The van der Waals surface area contributed by atoms with Crippen LogP contribution < -0.4 is 0 Å². The second-order valence-corrected chi connectivity index (χ2v) is 5.27. The van der Waals surface area contributed by atoms with Gasteiger partial charge in [0.1, 0.15) is 6.04 Å². The highest BCUT2D eigenvalue weighted by Gasteiger charge is 2.30. The number of carboxylic acids is 1. The van der Waals surface area contributed by atoms with E-state index in [4.69, 9.17) is 5.11 Å². The van der Waals surface area contributed by atoms with Crippen LogP contribution in [0.1, 0.15) is 39.0 Å². The van der Waals surface area contributed by atoms with Crippen LogP contribution in [-0.2, 0) is 4.79 Å². The average Bonchev–Trinajstić information content (AvgIpc) is 2.84. The molecule has 2 fully saturated rings. The van der Waals surface area contributed by atoms with Gasteiger partial charge in [-0.3, -0.25) is 14.6 Å². The number of hydrogen-bond donors (Lipinski definition) is 1.